The van der Waals surface area contributed by atoms with E-state index in [0.29, 0.717) is 6.10 Å². The van der Waals surface area contributed by atoms with Crippen molar-refractivity contribution < 1.29 is 9.47 Å². The Labute approximate surface area is 92.5 Å². The van der Waals surface area contributed by atoms with E-state index < -0.39 is 0 Å². The molecule has 0 aromatic rings. The summed E-state index contributed by atoms with van der Waals surface area (Å²) in [6, 6.07) is 0.738. The predicted molar refractivity (Wildman–Crippen MR) is 60.0 cm³/mol. The van der Waals surface area contributed by atoms with Gasteiger partial charge < -0.3 is 14.8 Å². The fourth-order valence-corrected chi connectivity index (χ4v) is 2.26. The maximum absolute atomic E-state index is 5.60. The van der Waals surface area contributed by atoms with Crippen LogP contribution in [-0.2, 0) is 9.47 Å². The number of hydrogen-bond donors (Lipinski definition) is 1. The van der Waals surface area contributed by atoms with E-state index in [0.717, 1.165) is 38.3 Å². The first kappa shape index (κ1) is 11.4. The molecule has 2 aliphatic rings. The van der Waals surface area contributed by atoms with Crippen molar-refractivity contribution in [3.05, 3.63) is 0 Å². The number of rotatable bonds is 5. The third-order valence-electron chi connectivity index (χ3n) is 3.51. The molecule has 0 bridgehead atoms. The molecule has 3 nitrogen and oxygen atoms in total. The molecule has 0 atom stereocenters. The maximum atomic E-state index is 5.60. The van der Waals surface area contributed by atoms with Crippen LogP contribution in [0.4, 0.5) is 0 Å². The molecule has 3 heteroatoms. The van der Waals surface area contributed by atoms with Crippen LogP contribution in [0.25, 0.3) is 0 Å². The molecule has 0 aromatic heterocycles. The monoisotopic (exact) mass is 213 g/mol. The second-order valence-electron chi connectivity index (χ2n) is 4.94. The molecule has 0 amide bonds. The molecule has 1 saturated carbocycles. The predicted octanol–water partition coefficient (Wildman–Crippen LogP) is 1.57. The van der Waals surface area contributed by atoms with E-state index in [-0.39, 0.29) is 0 Å². The first-order chi connectivity index (χ1) is 7.34. The fraction of sp³-hybridized carbons (Fsp3) is 1.00. The van der Waals surface area contributed by atoms with Crippen LogP contribution < -0.4 is 5.32 Å². The Morgan fingerprint density at radius 2 is 1.93 bits per heavy atom. The van der Waals surface area contributed by atoms with Crippen LogP contribution in [0, 0.1) is 5.92 Å². The molecule has 0 spiro atoms. The Balaban J connectivity index is 1.46. The molecule has 0 unspecified atom stereocenters. The number of hydrogen-bond acceptors (Lipinski definition) is 3. The average molecular weight is 213 g/mol. The molecule has 2 rings (SSSR count). The molecule has 0 radical (unpaired) electrons. The second-order valence-corrected chi connectivity index (χ2v) is 4.94. The highest BCUT2D eigenvalue weighted by molar-refractivity contribution is 4.75. The van der Waals surface area contributed by atoms with E-state index in [1.54, 1.807) is 0 Å². The summed E-state index contributed by atoms with van der Waals surface area (Å²) in [4.78, 5) is 0. The minimum absolute atomic E-state index is 0.373. The highest BCUT2D eigenvalue weighted by atomic mass is 16.6. The smallest absolute Gasteiger partial charge is 0.104 e. The standard InChI is InChI=1S/C12H23NO2/c1-10-2-4-11(5-3-10)13-6-7-15-12-8-14-9-12/h10-13H,2-9H2,1H3. The van der Waals surface area contributed by atoms with Gasteiger partial charge in [0.1, 0.15) is 6.10 Å². The second kappa shape index (κ2) is 5.83. The van der Waals surface area contributed by atoms with Crippen molar-refractivity contribution in [2.75, 3.05) is 26.4 Å². The van der Waals surface area contributed by atoms with Crippen molar-refractivity contribution in [3.63, 3.8) is 0 Å². The Morgan fingerprint density at radius 1 is 1.20 bits per heavy atom. The molecule has 88 valence electrons. The first-order valence-electron chi connectivity index (χ1n) is 6.27. The van der Waals surface area contributed by atoms with Gasteiger partial charge in [-0.3, -0.25) is 0 Å². The third kappa shape index (κ3) is 3.74. The maximum Gasteiger partial charge on any atom is 0.104 e. The van der Waals surface area contributed by atoms with Crippen LogP contribution in [0.1, 0.15) is 32.6 Å². The summed E-state index contributed by atoms with van der Waals surface area (Å²) in [6.07, 6.45) is 5.82. The van der Waals surface area contributed by atoms with E-state index >= 15 is 0 Å². The largest absolute Gasteiger partial charge is 0.376 e. The van der Waals surface area contributed by atoms with Gasteiger partial charge in [0.05, 0.1) is 19.8 Å². The van der Waals surface area contributed by atoms with Gasteiger partial charge in [-0.2, -0.15) is 0 Å². The number of ether oxygens (including phenoxy) is 2. The Morgan fingerprint density at radius 3 is 2.53 bits per heavy atom. The van der Waals surface area contributed by atoms with Crippen LogP contribution in [0.3, 0.4) is 0 Å². The summed E-state index contributed by atoms with van der Waals surface area (Å²) >= 11 is 0. The van der Waals surface area contributed by atoms with E-state index in [2.05, 4.69) is 12.2 Å². The van der Waals surface area contributed by atoms with Crippen LogP contribution >= 0.6 is 0 Å². The van der Waals surface area contributed by atoms with Crippen molar-refractivity contribution in [3.8, 4) is 0 Å². The van der Waals surface area contributed by atoms with E-state index in [9.17, 15) is 0 Å². The summed E-state index contributed by atoms with van der Waals surface area (Å²) < 4.78 is 10.7. The minimum atomic E-state index is 0.373. The Bertz CT molecular complexity index is 174. The normalized spacial score (nSPS) is 32.6. The Kier molecular flexibility index (Phi) is 4.42. The quantitative estimate of drug-likeness (QED) is 0.703. The molecule has 2 fully saturated rings. The molecule has 1 saturated heterocycles. The molecule has 1 aliphatic heterocycles. The third-order valence-corrected chi connectivity index (χ3v) is 3.51. The van der Waals surface area contributed by atoms with Gasteiger partial charge in [-0.15, -0.1) is 0 Å². The molecule has 1 aliphatic carbocycles. The summed E-state index contributed by atoms with van der Waals surface area (Å²) in [5, 5.41) is 3.58. The zero-order chi connectivity index (χ0) is 10.5. The lowest BCUT2D eigenvalue weighted by Gasteiger charge is -2.28. The molecule has 1 heterocycles. The lowest BCUT2D eigenvalue weighted by molar-refractivity contribution is -0.128. The molecular formula is C12H23NO2. The zero-order valence-electron chi connectivity index (χ0n) is 9.71. The highest BCUT2D eigenvalue weighted by Crippen LogP contribution is 2.23. The average Bonchev–Trinajstić information content (AvgIpc) is 2.18. The molecule has 1 N–H and O–H groups in total. The van der Waals surface area contributed by atoms with Crippen LogP contribution in [0.15, 0.2) is 0 Å². The van der Waals surface area contributed by atoms with Crippen molar-refractivity contribution in [1.29, 1.82) is 0 Å². The van der Waals surface area contributed by atoms with Crippen LogP contribution in [0.2, 0.25) is 0 Å². The van der Waals surface area contributed by atoms with Crippen molar-refractivity contribution >= 4 is 0 Å². The lowest BCUT2D eigenvalue weighted by atomic mass is 9.87. The summed E-state index contributed by atoms with van der Waals surface area (Å²) in [6.45, 7) is 5.77. The van der Waals surface area contributed by atoms with E-state index in [1.165, 1.54) is 25.7 Å². The van der Waals surface area contributed by atoms with Crippen LogP contribution in [0.5, 0.6) is 0 Å². The topological polar surface area (TPSA) is 30.5 Å². The van der Waals surface area contributed by atoms with Gasteiger partial charge in [-0.25, -0.2) is 0 Å². The van der Waals surface area contributed by atoms with E-state index in [1.807, 2.05) is 0 Å². The van der Waals surface area contributed by atoms with Crippen molar-refractivity contribution in [1.82, 2.24) is 5.32 Å². The zero-order valence-corrected chi connectivity index (χ0v) is 9.71. The van der Waals surface area contributed by atoms with Gasteiger partial charge in [-0.1, -0.05) is 6.92 Å². The van der Waals surface area contributed by atoms with Gasteiger partial charge in [0.2, 0.25) is 0 Å². The van der Waals surface area contributed by atoms with Crippen LogP contribution in [-0.4, -0.2) is 38.5 Å². The van der Waals surface area contributed by atoms with Gasteiger partial charge in [0.25, 0.3) is 0 Å². The summed E-state index contributed by atoms with van der Waals surface area (Å²) in [5.74, 6) is 0.937. The molecule has 0 aromatic carbocycles. The van der Waals surface area contributed by atoms with Crippen molar-refractivity contribution in [2.45, 2.75) is 44.8 Å². The van der Waals surface area contributed by atoms with E-state index in [4.69, 9.17) is 9.47 Å². The molecular weight excluding hydrogens is 190 g/mol. The van der Waals surface area contributed by atoms with Gasteiger partial charge in [0.15, 0.2) is 0 Å². The highest BCUT2D eigenvalue weighted by Gasteiger charge is 2.19. The Hall–Kier alpha value is -0.120. The first-order valence-corrected chi connectivity index (χ1v) is 6.27. The SMILES string of the molecule is CC1CCC(NCCOC2COC2)CC1. The van der Waals surface area contributed by atoms with Crippen molar-refractivity contribution in [2.24, 2.45) is 5.92 Å². The number of nitrogens with one attached hydrogen (secondary N) is 1. The lowest BCUT2D eigenvalue weighted by Crippen LogP contribution is -2.39. The minimum Gasteiger partial charge on any atom is -0.376 e. The van der Waals surface area contributed by atoms with Gasteiger partial charge in [0, 0.05) is 12.6 Å². The van der Waals surface area contributed by atoms with Gasteiger partial charge in [-0.05, 0) is 31.6 Å². The summed E-state index contributed by atoms with van der Waals surface area (Å²) in [7, 11) is 0. The fourth-order valence-electron chi connectivity index (χ4n) is 2.26. The van der Waals surface area contributed by atoms with Gasteiger partial charge >= 0.3 is 0 Å². The summed E-state index contributed by atoms with van der Waals surface area (Å²) in [5.41, 5.74) is 0. The molecule has 15 heavy (non-hydrogen) atoms.